The molecule has 1 aliphatic heterocycles. The van der Waals surface area contributed by atoms with Gasteiger partial charge in [-0.2, -0.15) is 0 Å². The van der Waals surface area contributed by atoms with Crippen LogP contribution in [0.15, 0.2) is 12.3 Å². The molecule has 1 aromatic rings. The highest BCUT2D eigenvalue weighted by Gasteiger charge is 2.19. The molecule has 110 valence electrons. The summed E-state index contributed by atoms with van der Waals surface area (Å²) < 4.78 is 5.39. The second-order valence-electron chi connectivity index (χ2n) is 4.58. The third kappa shape index (κ3) is 4.51. The van der Waals surface area contributed by atoms with Gasteiger partial charge in [-0.05, 0) is 25.5 Å². The molecule has 1 aromatic heterocycles. The van der Waals surface area contributed by atoms with Crippen LogP contribution in [-0.4, -0.2) is 36.6 Å². The van der Waals surface area contributed by atoms with Crippen LogP contribution in [0.5, 0.6) is 5.88 Å². The van der Waals surface area contributed by atoms with E-state index < -0.39 is 0 Å². The number of ether oxygens (including phenoxy) is 1. The molecule has 0 radical (unpaired) electrons. The average molecular weight is 318 g/mol. The van der Waals surface area contributed by atoms with E-state index in [1.54, 1.807) is 6.07 Å². The van der Waals surface area contributed by atoms with E-state index in [0.29, 0.717) is 29.1 Å². The fourth-order valence-electron chi connectivity index (χ4n) is 2.03. The number of aromatic nitrogens is 1. The van der Waals surface area contributed by atoms with Gasteiger partial charge >= 0.3 is 0 Å². The van der Waals surface area contributed by atoms with E-state index in [1.807, 2.05) is 0 Å². The van der Waals surface area contributed by atoms with E-state index in [1.165, 1.54) is 6.20 Å². The molecule has 0 saturated carbocycles. The van der Waals surface area contributed by atoms with Crippen LogP contribution in [0.4, 0.5) is 0 Å². The normalized spacial score (nSPS) is 18.6. The van der Waals surface area contributed by atoms with E-state index in [-0.39, 0.29) is 11.9 Å². The van der Waals surface area contributed by atoms with Crippen molar-refractivity contribution in [3.8, 4) is 5.88 Å². The van der Waals surface area contributed by atoms with Crippen LogP contribution < -0.4 is 15.4 Å². The zero-order chi connectivity index (χ0) is 14.4. The molecule has 2 rings (SSSR count). The molecule has 2 N–H and O–H groups in total. The number of hydrogen-bond donors (Lipinski definition) is 2. The van der Waals surface area contributed by atoms with Crippen molar-refractivity contribution in [2.75, 3.05) is 19.7 Å². The van der Waals surface area contributed by atoms with Crippen molar-refractivity contribution in [3.05, 3.63) is 22.3 Å². The van der Waals surface area contributed by atoms with Crippen LogP contribution in [0.1, 0.15) is 19.3 Å². The van der Waals surface area contributed by atoms with Crippen LogP contribution in [0.3, 0.4) is 0 Å². The maximum Gasteiger partial charge on any atom is 0.237 e. The molecular weight excluding hydrogens is 301 g/mol. The Bertz CT molecular complexity index is 465. The third-order valence-electron chi connectivity index (χ3n) is 3.04. The molecule has 7 heteroatoms. The summed E-state index contributed by atoms with van der Waals surface area (Å²) in [5.41, 5.74) is 0. The molecule has 1 aliphatic rings. The first kappa shape index (κ1) is 15.4. The van der Waals surface area contributed by atoms with Crippen molar-refractivity contribution >= 4 is 29.1 Å². The number of halogens is 2. The number of carbonyl (C=O) groups is 1. The molecule has 1 fully saturated rings. The Morgan fingerprint density at radius 3 is 3.05 bits per heavy atom. The largest absolute Gasteiger partial charge is 0.475 e. The zero-order valence-corrected chi connectivity index (χ0v) is 12.5. The second kappa shape index (κ2) is 7.67. The number of rotatable bonds is 5. The lowest BCUT2D eigenvalue weighted by molar-refractivity contribution is -0.123. The number of nitrogens with one attached hydrogen (secondary N) is 2. The Kier molecular flexibility index (Phi) is 5.88. The van der Waals surface area contributed by atoms with Crippen molar-refractivity contribution in [3.63, 3.8) is 0 Å². The Morgan fingerprint density at radius 1 is 1.50 bits per heavy atom. The summed E-state index contributed by atoms with van der Waals surface area (Å²) in [6, 6.07) is 1.48. The molecule has 0 aliphatic carbocycles. The molecule has 2 heterocycles. The number of hydrogen-bond acceptors (Lipinski definition) is 4. The zero-order valence-electron chi connectivity index (χ0n) is 11.0. The fraction of sp³-hybridized carbons (Fsp3) is 0.538. The maximum absolute atomic E-state index is 11.8. The summed E-state index contributed by atoms with van der Waals surface area (Å²) in [7, 11) is 0. The Morgan fingerprint density at radius 2 is 2.35 bits per heavy atom. The van der Waals surface area contributed by atoms with E-state index in [0.717, 1.165) is 25.8 Å². The van der Waals surface area contributed by atoms with Gasteiger partial charge in [0.1, 0.15) is 11.6 Å². The van der Waals surface area contributed by atoms with Gasteiger partial charge in [0.15, 0.2) is 0 Å². The highest BCUT2D eigenvalue weighted by molar-refractivity contribution is 6.35. The van der Waals surface area contributed by atoms with Crippen molar-refractivity contribution in [1.29, 1.82) is 0 Å². The van der Waals surface area contributed by atoms with E-state index in [4.69, 9.17) is 27.9 Å². The van der Waals surface area contributed by atoms with Crippen LogP contribution in [-0.2, 0) is 4.79 Å². The van der Waals surface area contributed by atoms with Crippen molar-refractivity contribution in [1.82, 2.24) is 15.6 Å². The molecule has 20 heavy (non-hydrogen) atoms. The first-order valence-electron chi connectivity index (χ1n) is 6.62. The molecule has 0 spiro atoms. The summed E-state index contributed by atoms with van der Waals surface area (Å²) in [4.78, 5) is 15.8. The maximum atomic E-state index is 11.8. The predicted molar refractivity (Wildman–Crippen MR) is 78.4 cm³/mol. The van der Waals surface area contributed by atoms with Crippen LogP contribution in [0.25, 0.3) is 0 Å². The van der Waals surface area contributed by atoms with Crippen molar-refractivity contribution in [2.24, 2.45) is 0 Å². The van der Waals surface area contributed by atoms with Crippen LogP contribution >= 0.6 is 23.2 Å². The number of carbonyl (C=O) groups excluding carboxylic acids is 1. The quantitative estimate of drug-likeness (QED) is 0.816. The molecular formula is C13H17Cl2N3O2. The van der Waals surface area contributed by atoms with E-state index in [9.17, 15) is 4.79 Å². The molecule has 0 unspecified atom stereocenters. The Balaban J connectivity index is 1.69. The van der Waals surface area contributed by atoms with Gasteiger partial charge < -0.3 is 15.4 Å². The SMILES string of the molecule is O=C(NCCOc1ncc(Cl)cc1Cl)[C@H]1CCCCN1. The number of pyridine rings is 1. The van der Waals surface area contributed by atoms with Gasteiger partial charge in [-0.3, -0.25) is 4.79 Å². The standard InChI is InChI=1S/C13H17Cl2N3O2/c14-9-7-10(15)13(18-8-9)20-6-5-17-12(19)11-3-1-2-4-16-11/h7-8,11,16H,1-6H2,(H,17,19)/t11-/m1/s1. The van der Waals surface area contributed by atoms with Gasteiger partial charge in [0, 0.05) is 6.20 Å². The minimum Gasteiger partial charge on any atom is -0.475 e. The van der Waals surface area contributed by atoms with Crippen molar-refractivity contribution < 1.29 is 9.53 Å². The lowest BCUT2D eigenvalue weighted by Gasteiger charge is -2.22. The Hall–Kier alpha value is -1.04. The highest BCUT2D eigenvalue weighted by Crippen LogP contribution is 2.24. The summed E-state index contributed by atoms with van der Waals surface area (Å²) in [5, 5.41) is 6.84. The summed E-state index contributed by atoms with van der Waals surface area (Å²) in [6.45, 7) is 1.63. The van der Waals surface area contributed by atoms with Gasteiger partial charge in [0.05, 0.1) is 17.6 Å². The van der Waals surface area contributed by atoms with E-state index >= 15 is 0 Å². The van der Waals surface area contributed by atoms with Gasteiger partial charge in [0.2, 0.25) is 11.8 Å². The average Bonchev–Trinajstić information content (AvgIpc) is 2.46. The Labute approximate surface area is 128 Å². The monoisotopic (exact) mass is 317 g/mol. The topological polar surface area (TPSA) is 63.2 Å². The molecule has 5 nitrogen and oxygen atoms in total. The minimum absolute atomic E-state index is 0.0171. The summed E-state index contributed by atoms with van der Waals surface area (Å²) in [5.74, 6) is 0.338. The first-order valence-corrected chi connectivity index (χ1v) is 7.37. The lowest BCUT2D eigenvalue weighted by atomic mass is 10.0. The van der Waals surface area contributed by atoms with Gasteiger partial charge in [-0.1, -0.05) is 29.6 Å². The molecule has 1 amide bonds. The lowest BCUT2D eigenvalue weighted by Crippen LogP contribution is -2.47. The molecule has 1 saturated heterocycles. The number of nitrogens with zero attached hydrogens (tertiary/aromatic N) is 1. The minimum atomic E-state index is -0.0824. The third-order valence-corrected chi connectivity index (χ3v) is 3.52. The van der Waals surface area contributed by atoms with Gasteiger partial charge in [0.25, 0.3) is 0 Å². The van der Waals surface area contributed by atoms with Gasteiger partial charge in [-0.25, -0.2) is 4.98 Å². The second-order valence-corrected chi connectivity index (χ2v) is 5.43. The summed E-state index contributed by atoms with van der Waals surface area (Å²) in [6.07, 6.45) is 4.57. The van der Waals surface area contributed by atoms with Crippen LogP contribution in [0, 0.1) is 0 Å². The summed E-state index contributed by atoms with van der Waals surface area (Å²) >= 11 is 11.7. The van der Waals surface area contributed by atoms with Crippen molar-refractivity contribution in [2.45, 2.75) is 25.3 Å². The van der Waals surface area contributed by atoms with E-state index in [2.05, 4.69) is 15.6 Å². The highest BCUT2D eigenvalue weighted by atomic mass is 35.5. The number of amides is 1. The smallest absolute Gasteiger partial charge is 0.237 e. The molecule has 0 bridgehead atoms. The predicted octanol–water partition coefficient (Wildman–Crippen LogP) is 2.03. The fourth-order valence-corrected chi connectivity index (χ4v) is 2.46. The van der Waals surface area contributed by atoms with Crippen LogP contribution in [0.2, 0.25) is 10.0 Å². The molecule has 0 aromatic carbocycles. The first-order chi connectivity index (χ1) is 9.66. The number of piperidine rings is 1. The van der Waals surface area contributed by atoms with Gasteiger partial charge in [-0.15, -0.1) is 0 Å². The molecule has 1 atom stereocenters.